The number of anilines is 1. The van der Waals surface area contributed by atoms with E-state index in [0.717, 1.165) is 193 Å². The van der Waals surface area contributed by atoms with E-state index in [1.165, 1.54) is 51.0 Å². The smallest absolute Gasteiger partial charge is 0.407 e. The van der Waals surface area contributed by atoms with Gasteiger partial charge in [-0.25, -0.2) is 14.6 Å². The molecule has 0 aromatic carbocycles. The van der Waals surface area contributed by atoms with Crippen LogP contribution >= 0.6 is 0 Å². The molecule has 0 saturated heterocycles. The second kappa shape index (κ2) is 52.6. The number of aryl methyl sites for hydroxylation is 1. The lowest BCUT2D eigenvalue weighted by Gasteiger charge is -2.46. The molecule has 0 radical (unpaired) electrons. The Morgan fingerprint density at radius 1 is 0.571 bits per heavy atom. The van der Waals surface area contributed by atoms with Crippen molar-refractivity contribution in [3.63, 3.8) is 0 Å². The van der Waals surface area contributed by atoms with Crippen molar-refractivity contribution in [3.05, 3.63) is 46.4 Å². The van der Waals surface area contributed by atoms with Crippen LogP contribution in [0.4, 0.5) is 15.5 Å². The number of allylic oxidation sites excluding steroid dienone is 2. The third-order valence-electron chi connectivity index (χ3n) is 17.4. The molecule has 17 heteroatoms. The van der Waals surface area contributed by atoms with Crippen LogP contribution in [0.2, 0.25) is 0 Å². The number of urea groups is 1. The maximum absolute atomic E-state index is 13.5. The van der Waals surface area contributed by atoms with Crippen LogP contribution in [0, 0.1) is 17.8 Å². The summed E-state index contributed by atoms with van der Waals surface area (Å²) >= 11 is 0. The van der Waals surface area contributed by atoms with Gasteiger partial charge in [0.2, 0.25) is 5.95 Å². The first kappa shape index (κ1) is 82.3. The zero-order chi connectivity index (χ0) is 66.6. The van der Waals surface area contributed by atoms with E-state index in [1.807, 2.05) is 0 Å². The number of carbonyl (C=O) groups is 5. The molecule has 2 rings (SSSR count). The van der Waals surface area contributed by atoms with Crippen LogP contribution in [-0.2, 0) is 33.3 Å². The van der Waals surface area contributed by atoms with Crippen molar-refractivity contribution in [1.82, 2.24) is 20.6 Å². The molecule has 1 aliphatic carbocycles. The number of hydrogen-bond donors (Lipinski definition) is 6. The largest absolute Gasteiger partial charge is 0.462 e. The summed E-state index contributed by atoms with van der Waals surface area (Å²) in [5.74, 6) is -1.02. The summed E-state index contributed by atoms with van der Waals surface area (Å²) in [5.41, 5.74) is -0.243. The van der Waals surface area contributed by atoms with Crippen molar-refractivity contribution in [3.8, 4) is 0 Å². The van der Waals surface area contributed by atoms with Crippen molar-refractivity contribution < 1.29 is 53.1 Å². The molecule has 6 N–H and O–H groups in total. The van der Waals surface area contributed by atoms with Crippen LogP contribution in [-0.4, -0.2) is 100 Å². The first-order valence-corrected chi connectivity index (χ1v) is 36.6. The molecule has 0 bridgehead atoms. The van der Waals surface area contributed by atoms with Crippen LogP contribution < -0.4 is 21.5 Å². The highest BCUT2D eigenvalue weighted by atomic mass is 16.6. The van der Waals surface area contributed by atoms with Crippen molar-refractivity contribution in [1.29, 1.82) is 0 Å². The van der Waals surface area contributed by atoms with Gasteiger partial charge in [-0.05, 0) is 120 Å². The van der Waals surface area contributed by atoms with E-state index in [-0.39, 0.29) is 91.1 Å². The molecule has 0 aliphatic heterocycles. The number of unbranched alkanes of at least 4 members (excludes halogenated alkanes) is 26. The number of rotatable bonds is 56. The first-order valence-electron chi connectivity index (χ1n) is 36.6. The zero-order valence-electron chi connectivity index (χ0n) is 58.4. The van der Waals surface area contributed by atoms with E-state index < -0.39 is 24.2 Å². The van der Waals surface area contributed by atoms with Crippen molar-refractivity contribution >= 4 is 36.0 Å². The Balaban J connectivity index is 1.78. The minimum Gasteiger partial charge on any atom is -0.462 e. The third-order valence-corrected chi connectivity index (χ3v) is 17.4. The van der Waals surface area contributed by atoms with Gasteiger partial charge in [0.1, 0.15) is 19.3 Å². The molecular weight excluding hydrogens is 1150 g/mol. The van der Waals surface area contributed by atoms with E-state index in [2.05, 4.69) is 91.8 Å². The molecule has 6 atom stereocenters. The van der Waals surface area contributed by atoms with Crippen LogP contribution in [0.15, 0.2) is 35.2 Å². The number of amides is 3. The molecule has 524 valence electrons. The van der Waals surface area contributed by atoms with E-state index >= 15 is 0 Å². The Hall–Kier alpha value is -4.77. The molecule has 3 amide bonds. The molecule has 17 nitrogen and oxygen atoms in total. The van der Waals surface area contributed by atoms with Gasteiger partial charge in [-0.15, -0.1) is 0 Å². The normalized spacial score (nSPS) is 16.9. The topological polar surface area (TPSA) is 245 Å². The maximum atomic E-state index is 13.5. The third kappa shape index (κ3) is 46.9. The molecule has 91 heavy (non-hydrogen) atoms. The van der Waals surface area contributed by atoms with Gasteiger partial charge in [0.05, 0.1) is 12.2 Å². The molecule has 1 aliphatic rings. The van der Waals surface area contributed by atoms with Crippen LogP contribution in [0.1, 0.15) is 330 Å². The number of carbonyl (C=O) groups excluding carboxylic acids is 5. The molecular formula is C74H131N5O12. The molecule has 1 fully saturated rings. The molecule has 1 aromatic rings. The van der Waals surface area contributed by atoms with Gasteiger partial charge in [0, 0.05) is 50.0 Å². The Labute approximate surface area is 551 Å². The molecule has 6 unspecified atom stereocenters. The van der Waals surface area contributed by atoms with Gasteiger partial charge in [-0.3, -0.25) is 29.5 Å². The number of hydrogen-bond acceptors (Lipinski definition) is 13. The summed E-state index contributed by atoms with van der Waals surface area (Å²) in [6, 6.07) is 0.759. The number of aliphatic hydroxyl groups is 2. The Bertz CT molecular complexity index is 2180. The fourth-order valence-corrected chi connectivity index (χ4v) is 12.7. The summed E-state index contributed by atoms with van der Waals surface area (Å²) in [6.45, 7) is 14.8. The summed E-state index contributed by atoms with van der Waals surface area (Å²) in [5, 5.41) is 29.2. The lowest BCUT2D eigenvalue weighted by atomic mass is 9.62. The van der Waals surface area contributed by atoms with Crippen molar-refractivity contribution in [2.75, 3.05) is 25.1 Å². The number of esters is 3. The lowest BCUT2D eigenvalue weighted by Crippen LogP contribution is -2.51. The minimum atomic E-state index is -0.878. The van der Waals surface area contributed by atoms with E-state index in [9.17, 15) is 39.0 Å². The number of aliphatic hydroxyl groups excluding tert-OH is 2. The molecule has 1 aromatic heterocycles. The molecule has 0 spiro atoms. The lowest BCUT2D eigenvalue weighted by molar-refractivity contribution is -0.167. The SMILES string of the molecule is CCCCCCC(O)C/C=C/CCCCCCCC(=O)OCC(COC(=O)CCCCCCCCCCC(O)CCCCCC)OC(=O)CCCCCCC/C=C/CC(CCCCCC)OC(=O)NC1CC(C)(C)CC(C)(CNC(=O)Nc2nc(C)cc(=O)[nH]2)C1. The van der Waals surface area contributed by atoms with Gasteiger partial charge in [0.25, 0.3) is 5.56 Å². The molecule has 1 saturated carbocycles. The number of H-pyrrole nitrogens is 1. The number of alkyl carbamates (subject to hydrolysis) is 1. The standard InChI is InChI=1S/C74H131N5O12/c1-8-11-14-35-44-62(80)46-37-29-23-17-20-26-32-41-50-67(83)88-56-65(57-89-68(84)51-42-33-27-21-18-24-30-38-47-63(81)45-36-15-12-9-2)90-69(85)52-43-34-28-22-19-25-31-40-49-64(48-39-16-13-10-3)91-72(87)77-61-54-73(5,6)58-74(7,55-61)59-75-71(86)79-70-76-60(4)53-66(82)78-70/h29,31,37,40,53,61-65,80-81H,8-28,30,32-36,38-39,41-52,54-59H2,1-7H3,(H,77,87)(H3,75,76,78,79,82,86)/b37-29+,40-31+. The van der Waals surface area contributed by atoms with Crippen LogP contribution in [0.3, 0.4) is 0 Å². The first-order chi connectivity index (χ1) is 43.8. The van der Waals surface area contributed by atoms with E-state index in [1.54, 1.807) is 6.92 Å². The monoisotopic (exact) mass is 1280 g/mol. The highest BCUT2D eigenvalue weighted by Crippen LogP contribution is 2.46. The minimum absolute atomic E-state index is 0.0856. The van der Waals surface area contributed by atoms with Gasteiger partial charge in [-0.2, -0.15) is 0 Å². The fourth-order valence-electron chi connectivity index (χ4n) is 12.7. The van der Waals surface area contributed by atoms with Gasteiger partial charge in [-0.1, -0.05) is 220 Å². The Morgan fingerprint density at radius 2 is 1.03 bits per heavy atom. The van der Waals surface area contributed by atoms with Crippen molar-refractivity contribution in [2.24, 2.45) is 10.8 Å². The average Bonchev–Trinajstić information content (AvgIpc) is 1.10. The van der Waals surface area contributed by atoms with Gasteiger partial charge >= 0.3 is 30.0 Å². The van der Waals surface area contributed by atoms with E-state index in [0.29, 0.717) is 37.9 Å². The summed E-state index contributed by atoms with van der Waals surface area (Å²) in [7, 11) is 0. The number of aromatic amines is 1. The number of nitrogens with zero attached hydrogens (tertiary/aromatic N) is 1. The second-order valence-corrected chi connectivity index (χ2v) is 27.7. The highest BCUT2D eigenvalue weighted by Gasteiger charge is 2.42. The maximum Gasteiger partial charge on any atom is 0.407 e. The predicted molar refractivity (Wildman–Crippen MR) is 368 cm³/mol. The summed E-state index contributed by atoms with van der Waals surface area (Å²) < 4.78 is 23.1. The average molecular weight is 1280 g/mol. The van der Waals surface area contributed by atoms with Gasteiger partial charge in [0.15, 0.2) is 6.10 Å². The molecule has 1 heterocycles. The number of nitrogens with one attached hydrogen (secondary N) is 4. The second-order valence-electron chi connectivity index (χ2n) is 27.7. The number of ether oxygens (including phenoxy) is 4. The van der Waals surface area contributed by atoms with Crippen LogP contribution in [0.5, 0.6) is 0 Å². The van der Waals surface area contributed by atoms with E-state index in [4.69, 9.17) is 18.9 Å². The van der Waals surface area contributed by atoms with Crippen molar-refractivity contribution in [2.45, 2.75) is 361 Å². The Morgan fingerprint density at radius 3 is 1.56 bits per heavy atom. The quantitative estimate of drug-likeness (QED) is 0.0154. The highest BCUT2D eigenvalue weighted by molar-refractivity contribution is 5.87. The summed E-state index contributed by atoms with van der Waals surface area (Å²) in [6.07, 6.45) is 47.8. The number of aromatic nitrogens is 2. The predicted octanol–water partition coefficient (Wildman–Crippen LogP) is 17.8. The summed E-state index contributed by atoms with van der Waals surface area (Å²) in [4.78, 5) is 83.7. The Kier molecular flexibility index (Phi) is 47.6. The fraction of sp³-hybridized carbons (Fsp3) is 0.824. The van der Waals surface area contributed by atoms with Crippen LogP contribution in [0.25, 0.3) is 0 Å². The van der Waals surface area contributed by atoms with Gasteiger partial charge < -0.3 is 39.8 Å². The zero-order valence-corrected chi connectivity index (χ0v) is 58.4.